The number of nitrogens with zero attached hydrogens (tertiary/aromatic N) is 1. The lowest BCUT2D eigenvalue weighted by Crippen LogP contribution is -2.58. The Morgan fingerprint density at radius 2 is 1.57 bits per heavy atom. The van der Waals surface area contributed by atoms with E-state index in [0.717, 1.165) is 10.9 Å². The summed E-state index contributed by atoms with van der Waals surface area (Å²) in [5.41, 5.74) is 1.49. The molecule has 4 aromatic carbocycles. The molecule has 12 nitrogen and oxygen atoms in total. The minimum Gasteiger partial charge on any atom is -0.457 e. The number of hydrogen-bond donors (Lipinski definition) is 4. The van der Waals surface area contributed by atoms with Gasteiger partial charge in [-0.3, -0.25) is 18.7 Å². The highest BCUT2D eigenvalue weighted by molar-refractivity contribution is 7.46. The van der Waals surface area contributed by atoms with Crippen LogP contribution in [0.2, 0.25) is 0 Å². The first kappa shape index (κ1) is 35.3. The second-order valence-corrected chi connectivity index (χ2v) is 13.6. The normalized spacial score (nSPS) is 13.4. The lowest BCUT2D eigenvalue weighted by molar-refractivity contribution is -0.127. The van der Waals surface area contributed by atoms with E-state index in [1.54, 1.807) is 55.6 Å². The molecular formula is C38H36N3O9P. The second kappa shape index (κ2) is 14.8. The summed E-state index contributed by atoms with van der Waals surface area (Å²) >= 11 is 0. The largest absolute Gasteiger partial charge is 0.469 e. The van der Waals surface area contributed by atoms with Gasteiger partial charge in [0.25, 0.3) is 5.91 Å². The number of phosphoric acid groups is 1. The van der Waals surface area contributed by atoms with Crippen LogP contribution in [0.4, 0.5) is 4.79 Å². The van der Waals surface area contributed by atoms with Gasteiger partial charge in [0.15, 0.2) is 6.61 Å². The topological polar surface area (TPSA) is 169 Å². The third kappa shape index (κ3) is 8.28. The van der Waals surface area contributed by atoms with Crippen molar-refractivity contribution >= 4 is 47.6 Å². The predicted molar refractivity (Wildman–Crippen MR) is 190 cm³/mol. The Bertz CT molecular complexity index is 2230. The maximum absolute atomic E-state index is 14.1. The summed E-state index contributed by atoms with van der Waals surface area (Å²) in [4.78, 5) is 60.0. The van der Waals surface area contributed by atoms with Gasteiger partial charge in [0.2, 0.25) is 5.91 Å². The number of furan rings is 1. The number of carbonyl (C=O) groups is 3. The maximum Gasteiger partial charge on any atom is 0.469 e. The van der Waals surface area contributed by atoms with E-state index in [9.17, 15) is 28.7 Å². The Balaban J connectivity index is 1.30. The number of aromatic nitrogens is 1. The molecule has 0 aliphatic heterocycles. The quantitative estimate of drug-likeness (QED) is 0.1000. The number of hydrogen-bond acceptors (Lipinski definition) is 7. The van der Waals surface area contributed by atoms with Gasteiger partial charge in [-0.2, -0.15) is 0 Å². The third-order valence-corrected chi connectivity index (χ3v) is 9.01. The summed E-state index contributed by atoms with van der Waals surface area (Å²) in [5, 5.41) is 7.30. The molecule has 0 unspecified atom stereocenters. The van der Waals surface area contributed by atoms with Crippen LogP contribution in [0.1, 0.15) is 52.7 Å². The molecule has 0 saturated carbocycles. The van der Waals surface area contributed by atoms with E-state index in [1.807, 2.05) is 67.6 Å². The van der Waals surface area contributed by atoms with Gasteiger partial charge in [0.05, 0.1) is 18.2 Å². The van der Waals surface area contributed by atoms with Crippen molar-refractivity contribution < 1.29 is 42.4 Å². The van der Waals surface area contributed by atoms with Gasteiger partial charge in [-0.1, -0.05) is 84.9 Å². The standard InChI is InChI=1S/C38H36N3O9P/c1-25(26-12-4-3-5-13-26)39-36(43)38(2,40-37(44)48-24-30-20-27-14-7-11-19-34(27)50-30)21-29-22-41(33-18-10-9-16-31(29)33)35(42)32-17-8-6-15-28(32)23-49-51(45,46)47/h3-20,22,25H,21,23-24H2,1-2H3,(H,39,43)(H,40,44)(H2,45,46,47)/t25-,38-/m1/s1. The maximum atomic E-state index is 14.1. The lowest BCUT2D eigenvalue weighted by Gasteiger charge is -2.30. The van der Waals surface area contributed by atoms with E-state index >= 15 is 0 Å². The third-order valence-electron chi connectivity index (χ3n) is 8.54. The number of carbonyl (C=O) groups excluding carboxylic acids is 3. The van der Waals surface area contributed by atoms with Crippen molar-refractivity contribution in [1.29, 1.82) is 0 Å². The highest BCUT2D eigenvalue weighted by Gasteiger charge is 2.38. The van der Waals surface area contributed by atoms with Crippen molar-refractivity contribution in [3.05, 3.63) is 143 Å². The highest BCUT2D eigenvalue weighted by Crippen LogP contribution is 2.37. The van der Waals surface area contributed by atoms with Crippen LogP contribution in [-0.4, -0.2) is 37.8 Å². The van der Waals surface area contributed by atoms with Crippen LogP contribution in [0.5, 0.6) is 0 Å². The molecule has 0 bridgehead atoms. The fourth-order valence-electron chi connectivity index (χ4n) is 5.95. The zero-order valence-electron chi connectivity index (χ0n) is 27.8. The number of amides is 2. The summed E-state index contributed by atoms with van der Waals surface area (Å²) < 4.78 is 28.8. The number of fused-ring (bicyclic) bond motifs is 2. The number of nitrogens with one attached hydrogen (secondary N) is 2. The number of ether oxygens (including phenoxy) is 1. The minimum atomic E-state index is -4.80. The molecule has 2 atom stereocenters. The molecule has 2 aromatic heterocycles. The van der Waals surface area contributed by atoms with Crippen LogP contribution in [0, 0.1) is 0 Å². The molecule has 0 fully saturated rings. The number of para-hydroxylation sites is 2. The van der Waals surface area contributed by atoms with Gasteiger partial charge in [-0.15, -0.1) is 0 Å². The minimum absolute atomic E-state index is 0.0379. The summed E-state index contributed by atoms with van der Waals surface area (Å²) in [6, 6.07) is 31.6. The molecule has 4 N–H and O–H groups in total. The Hall–Kier alpha value is -5.52. The SMILES string of the molecule is C[C@@H](NC(=O)[C@@](C)(Cc1cn(C(=O)c2ccccc2COP(=O)(O)O)c2ccccc12)NC(=O)OCc1cc2ccccc2o1)c1ccccc1. The summed E-state index contributed by atoms with van der Waals surface area (Å²) in [6.07, 6.45) is 0.713. The first-order valence-electron chi connectivity index (χ1n) is 16.1. The molecular weight excluding hydrogens is 673 g/mol. The monoisotopic (exact) mass is 709 g/mol. The second-order valence-electron chi connectivity index (χ2n) is 12.3. The fourth-order valence-corrected chi connectivity index (χ4v) is 6.25. The predicted octanol–water partition coefficient (Wildman–Crippen LogP) is 6.79. The molecule has 0 radical (unpaired) electrons. The molecule has 0 spiro atoms. The van der Waals surface area contributed by atoms with Crippen molar-refractivity contribution in [3.63, 3.8) is 0 Å². The van der Waals surface area contributed by atoms with Gasteiger partial charge in [-0.25, -0.2) is 9.36 Å². The smallest absolute Gasteiger partial charge is 0.457 e. The Kier molecular flexibility index (Phi) is 10.2. The number of benzene rings is 4. The van der Waals surface area contributed by atoms with E-state index in [-0.39, 0.29) is 24.2 Å². The van der Waals surface area contributed by atoms with Crippen LogP contribution in [0.25, 0.3) is 21.9 Å². The van der Waals surface area contributed by atoms with Crippen molar-refractivity contribution in [1.82, 2.24) is 15.2 Å². The van der Waals surface area contributed by atoms with E-state index in [1.165, 1.54) is 10.6 Å². The van der Waals surface area contributed by atoms with Crippen molar-refractivity contribution in [2.24, 2.45) is 0 Å². The fraction of sp³-hybridized carbons (Fsp3) is 0.184. The summed E-state index contributed by atoms with van der Waals surface area (Å²) in [6.45, 7) is 2.77. The van der Waals surface area contributed by atoms with E-state index in [2.05, 4.69) is 10.6 Å². The average molecular weight is 710 g/mol. The van der Waals surface area contributed by atoms with Gasteiger partial charge < -0.3 is 29.6 Å². The molecule has 6 aromatic rings. The number of rotatable bonds is 12. The number of phosphoric ester groups is 1. The van der Waals surface area contributed by atoms with Crippen LogP contribution >= 0.6 is 7.82 Å². The molecule has 262 valence electrons. The first-order chi connectivity index (χ1) is 24.4. The average Bonchev–Trinajstić information content (AvgIpc) is 3.71. The Morgan fingerprint density at radius 1 is 0.882 bits per heavy atom. The van der Waals surface area contributed by atoms with Crippen LogP contribution in [-0.2, 0) is 38.3 Å². The van der Waals surface area contributed by atoms with E-state index in [4.69, 9.17) is 13.7 Å². The van der Waals surface area contributed by atoms with Gasteiger partial charge in [-0.05, 0) is 54.8 Å². The van der Waals surface area contributed by atoms with Crippen LogP contribution in [0.3, 0.4) is 0 Å². The van der Waals surface area contributed by atoms with Crippen LogP contribution < -0.4 is 10.6 Å². The lowest BCUT2D eigenvalue weighted by atomic mass is 9.91. The molecule has 2 heterocycles. The Morgan fingerprint density at radius 3 is 2.33 bits per heavy atom. The Labute approximate surface area is 293 Å². The zero-order chi connectivity index (χ0) is 36.2. The molecule has 0 aliphatic carbocycles. The molecule has 0 aliphatic rings. The van der Waals surface area contributed by atoms with Crippen molar-refractivity contribution in [2.45, 2.75) is 45.1 Å². The first-order valence-corrected chi connectivity index (χ1v) is 17.6. The van der Waals surface area contributed by atoms with Gasteiger partial charge in [0, 0.05) is 29.0 Å². The molecule has 13 heteroatoms. The zero-order valence-corrected chi connectivity index (χ0v) is 28.7. The van der Waals surface area contributed by atoms with Gasteiger partial charge in [0.1, 0.15) is 16.9 Å². The summed E-state index contributed by atoms with van der Waals surface area (Å²) in [7, 11) is -4.80. The van der Waals surface area contributed by atoms with Crippen molar-refractivity contribution in [3.8, 4) is 0 Å². The van der Waals surface area contributed by atoms with Crippen LogP contribution in [0.15, 0.2) is 120 Å². The molecule has 51 heavy (non-hydrogen) atoms. The van der Waals surface area contributed by atoms with E-state index in [0.29, 0.717) is 27.8 Å². The van der Waals surface area contributed by atoms with Gasteiger partial charge >= 0.3 is 13.9 Å². The highest BCUT2D eigenvalue weighted by atomic mass is 31.2. The molecule has 0 saturated heterocycles. The van der Waals surface area contributed by atoms with Crippen molar-refractivity contribution in [2.75, 3.05) is 0 Å². The number of alkyl carbamates (subject to hydrolysis) is 1. The molecule has 6 rings (SSSR count). The van der Waals surface area contributed by atoms with E-state index < -0.39 is 43.9 Å². The molecule has 2 amide bonds. The summed E-state index contributed by atoms with van der Waals surface area (Å²) in [5.74, 6) is -0.532.